The van der Waals surface area contributed by atoms with E-state index in [0.29, 0.717) is 6.04 Å². The molecular weight excluding hydrogens is 345 g/mol. The molecule has 0 heterocycles. The predicted molar refractivity (Wildman–Crippen MR) is 84.6 cm³/mol. The second-order valence-corrected chi connectivity index (χ2v) is 5.85. The van der Waals surface area contributed by atoms with E-state index in [1.807, 2.05) is 0 Å². The molecular formula is C14H19ClIN. The van der Waals surface area contributed by atoms with Gasteiger partial charge in [0.1, 0.15) is 0 Å². The number of rotatable bonds is 6. The summed E-state index contributed by atoms with van der Waals surface area (Å²) in [6.45, 7) is 9.12. The van der Waals surface area contributed by atoms with E-state index in [4.69, 9.17) is 11.6 Å². The molecule has 1 atom stereocenters. The summed E-state index contributed by atoms with van der Waals surface area (Å²) in [5.41, 5.74) is 2.49. The highest BCUT2D eigenvalue weighted by Crippen LogP contribution is 2.26. The number of halogens is 2. The minimum Gasteiger partial charge on any atom is -0.310 e. The molecule has 0 aliphatic carbocycles. The molecule has 1 rings (SSSR count). The number of nitrogens with one attached hydrogen (secondary N) is 1. The summed E-state index contributed by atoms with van der Waals surface area (Å²) in [5, 5.41) is 4.33. The Morgan fingerprint density at radius 2 is 2.24 bits per heavy atom. The van der Waals surface area contributed by atoms with Crippen molar-refractivity contribution in [2.24, 2.45) is 0 Å². The molecule has 0 aromatic heterocycles. The Morgan fingerprint density at radius 1 is 1.53 bits per heavy atom. The van der Waals surface area contributed by atoms with E-state index in [-0.39, 0.29) is 0 Å². The maximum Gasteiger partial charge on any atom is 0.0542 e. The SMILES string of the molecule is C=C(C)CCC(NCC)c1ccc(I)c(Cl)c1. The minimum absolute atomic E-state index is 0.367. The monoisotopic (exact) mass is 363 g/mol. The predicted octanol–water partition coefficient (Wildman–Crippen LogP) is 4.95. The average Bonchev–Trinajstić information content (AvgIpc) is 2.28. The van der Waals surface area contributed by atoms with Crippen molar-refractivity contribution in [3.8, 4) is 0 Å². The van der Waals surface area contributed by atoms with Crippen molar-refractivity contribution in [3.63, 3.8) is 0 Å². The Labute approximate surface area is 123 Å². The zero-order valence-electron chi connectivity index (χ0n) is 10.4. The van der Waals surface area contributed by atoms with Gasteiger partial charge in [-0.15, -0.1) is 6.58 Å². The van der Waals surface area contributed by atoms with Crippen molar-refractivity contribution in [1.29, 1.82) is 0 Å². The summed E-state index contributed by atoms with van der Waals surface area (Å²) in [7, 11) is 0. The zero-order chi connectivity index (χ0) is 12.8. The highest BCUT2D eigenvalue weighted by molar-refractivity contribution is 14.1. The van der Waals surface area contributed by atoms with Crippen LogP contribution in [0.25, 0.3) is 0 Å². The van der Waals surface area contributed by atoms with Crippen LogP contribution in [0, 0.1) is 3.57 Å². The molecule has 0 amide bonds. The minimum atomic E-state index is 0.367. The van der Waals surface area contributed by atoms with Crippen LogP contribution in [0.15, 0.2) is 30.4 Å². The van der Waals surface area contributed by atoms with Crippen LogP contribution in [0.2, 0.25) is 5.02 Å². The molecule has 0 fully saturated rings. The Kier molecular flexibility index (Phi) is 6.52. The molecule has 1 aromatic rings. The Hall–Kier alpha value is -0.0600. The largest absolute Gasteiger partial charge is 0.310 e. The highest BCUT2D eigenvalue weighted by atomic mass is 127. The van der Waals surface area contributed by atoms with Crippen LogP contribution in [-0.4, -0.2) is 6.54 Å². The van der Waals surface area contributed by atoms with Crippen LogP contribution in [0.4, 0.5) is 0 Å². The van der Waals surface area contributed by atoms with E-state index >= 15 is 0 Å². The lowest BCUT2D eigenvalue weighted by molar-refractivity contribution is 0.514. The summed E-state index contributed by atoms with van der Waals surface area (Å²) in [4.78, 5) is 0. The van der Waals surface area contributed by atoms with Crippen LogP contribution in [0.5, 0.6) is 0 Å². The van der Waals surface area contributed by atoms with Crippen molar-refractivity contribution < 1.29 is 0 Å². The zero-order valence-corrected chi connectivity index (χ0v) is 13.3. The molecule has 0 bridgehead atoms. The maximum atomic E-state index is 6.17. The maximum absolute atomic E-state index is 6.17. The standard InChI is InChI=1S/C14H19ClIN/c1-4-17-14(8-5-10(2)3)11-6-7-13(16)12(15)9-11/h6-7,9,14,17H,2,4-5,8H2,1,3H3. The van der Waals surface area contributed by atoms with Crippen LogP contribution in [0.1, 0.15) is 38.3 Å². The fraction of sp³-hybridized carbons (Fsp3) is 0.429. The Morgan fingerprint density at radius 3 is 2.76 bits per heavy atom. The van der Waals surface area contributed by atoms with Gasteiger partial charge < -0.3 is 5.32 Å². The first-order valence-electron chi connectivity index (χ1n) is 5.87. The summed E-state index contributed by atoms with van der Waals surface area (Å²) < 4.78 is 1.10. The summed E-state index contributed by atoms with van der Waals surface area (Å²) in [6, 6.07) is 6.66. The van der Waals surface area contributed by atoms with Gasteiger partial charge in [0.25, 0.3) is 0 Å². The molecule has 1 unspecified atom stereocenters. The lowest BCUT2D eigenvalue weighted by Crippen LogP contribution is -2.21. The van der Waals surface area contributed by atoms with Crippen molar-refractivity contribution in [3.05, 3.63) is 44.5 Å². The highest BCUT2D eigenvalue weighted by Gasteiger charge is 2.11. The second-order valence-electron chi connectivity index (χ2n) is 4.28. The third-order valence-corrected chi connectivity index (χ3v) is 4.23. The molecule has 0 aliphatic heterocycles. The van der Waals surface area contributed by atoms with Crippen LogP contribution < -0.4 is 5.32 Å². The van der Waals surface area contributed by atoms with Gasteiger partial charge in [0.15, 0.2) is 0 Å². The molecule has 17 heavy (non-hydrogen) atoms. The normalized spacial score (nSPS) is 12.5. The fourth-order valence-electron chi connectivity index (χ4n) is 1.75. The quantitative estimate of drug-likeness (QED) is 0.557. The summed E-state index contributed by atoms with van der Waals surface area (Å²) >= 11 is 8.42. The van der Waals surface area contributed by atoms with Crippen molar-refractivity contribution in [2.45, 2.75) is 32.7 Å². The van der Waals surface area contributed by atoms with Gasteiger partial charge in [0.2, 0.25) is 0 Å². The number of hydrogen-bond acceptors (Lipinski definition) is 1. The lowest BCUT2D eigenvalue weighted by Gasteiger charge is -2.19. The first-order chi connectivity index (χ1) is 8.04. The van der Waals surface area contributed by atoms with Crippen LogP contribution in [0.3, 0.4) is 0 Å². The summed E-state index contributed by atoms with van der Waals surface area (Å²) in [6.07, 6.45) is 2.11. The van der Waals surface area contributed by atoms with Crippen LogP contribution >= 0.6 is 34.2 Å². The topological polar surface area (TPSA) is 12.0 Å². The molecule has 0 radical (unpaired) electrons. The molecule has 0 saturated heterocycles. The van der Waals surface area contributed by atoms with Crippen molar-refractivity contribution in [1.82, 2.24) is 5.32 Å². The third kappa shape index (κ3) is 4.98. The molecule has 0 saturated carbocycles. The molecule has 1 N–H and O–H groups in total. The van der Waals surface area contributed by atoms with Gasteiger partial charge in [-0.05, 0) is 66.6 Å². The number of hydrogen-bond donors (Lipinski definition) is 1. The fourth-order valence-corrected chi connectivity index (χ4v) is 2.28. The van der Waals surface area contributed by atoms with Gasteiger partial charge in [0, 0.05) is 9.61 Å². The summed E-state index contributed by atoms with van der Waals surface area (Å²) in [5.74, 6) is 0. The van der Waals surface area contributed by atoms with Crippen LogP contribution in [-0.2, 0) is 0 Å². The van der Waals surface area contributed by atoms with E-state index in [9.17, 15) is 0 Å². The lowest BCUT2D eigenvalue weighted by atomic mass is 10.00. The van der Waals surface area contributed by atoms with E-state index in [0.717, 1.165) is 28.0 Å². The first-order valence-corrected chi connectivity index (χ1v) is 7.33. The average molecular weight is 364 g/mol. The molecule has 0 aliphatic rings. The molecule has 0 spiro atoms. The van der Waals surface area contributed by atoms with E-state index in [1.54, 1.807) is 0 Å². The molecule has 1 aromatic carbocycles. The smallest absolute Gasteiger partial charge is 0.0542 e. The van der Waals surface area contributed by atoms with Gasteiger partial charge in [-0.25, -0.2) is 0 Å². The number of allylic oxidation sites excluding steroid dienone is 1. The molecule has 94 valence electrons. The number of benzene rings is 1. The van der Waals surface area contributed by atoms with E-state index in [1.165, 1.54) is 11.1 Å². The van der Waals surface area contributed by atoms with Crippen molar-refractivity contribution in [2.75, 3.05) is 6.54 Å². The Bertz CT molecular complexity index is 390. The Balaban J connectivity index is 2.81. The van der Waals surface area contributed by atoms with Gasteiger partial charge in [-0.2, -0.15) is 0 Å². The third-order valence-electron chi connectivity index (χ3n) is 2.66. The van der Waals surface area contributed by atoms with Gasteiger partial charge in [0.05, 0.1) is 5.02 Å². The first kappa shape index (κ1) is 15.0. The van der Waals surface area contributed by atoms with E-state index < -0.39 is 0 Å². The van der Waals surface area contributed by atoms with Gasteiger partial charge in [-0.3, -0.25) is 0 Å². The second kappa shape index (κ2) is 7.39. The van der Waals surface area contributed by atoms with Crippen molar-refractivity contribution >= 4 is 34.2 Å². The molecule has 1 nitrogen and oxygen atoms in total. The molecule has 3 heteroatoms. The van der Waals surface area contributed by atoms with Gasteiger partial charge in [-0.1, -0.05) is 30.2 Å². The van der Waals surface area contributed by atoms with Gasteiger partial charge >= 0.3 is 0 Å². The van der Waals surface area contributed by atoms with E-state index in [2.05, 4.69) is 66.5 Å².